The van der Waals surface area contributed by atoms with Crippen LogP contribution >= 0.6 is 11.6 Å². The first-order valence-corrected chi connectivity index (χ1v) is 10.8. The maximum Gasteiger partial charge on any atom is 0.243 e. The second-order valence-electron chi connectivity index (χ2n) is 8.01. The molecule has 0 bridgehead atoms. The molecule has 0 aliphatic carbocycles. The van der Waals surface area contributed by atoms with Crippen molar-refractivity contribution in [2.75, 3.05) is 13.6 Å². The highest BCUT2D eigenvalue weighted by Gasteiger charge is 2.31. The lowest BCUT2D eigenvalue weighted by Crippen LogP contribution is -2.52. The number of likely N-dealkylation sites (tertiary alicyclic amines) is 1. The van der Waals surface area contributed by atoms with Crippen molar-refractivity contribution in [1.29, 1.82) is 0 Å². The molecule has 4 rings (SSSR count). The van der Waals surface area contributed by atoms with Gasteiger partial charge in [0.25, 0.3) is 0 Å². The van der Waals surface area contributed by atoms with Gasteiger partial charge in [0.05, 0.1) is 6.04 Å². The Morgan fingerprint density at radius 2 is 2.16 bits per heavy atom. The maximum absolute atomic E-state index is 13.1. The van der Waals surface area contributed by atoms with Crippen LogP contribution in [0.4, 0.5) is 0 Å². The number of halogens is 1. The number of likely N-dealkylation sites (N-methyl/N-ethyl adjacent to an activating group) is 1. The molecule has 162 valence electrons. The third-order valence-electron chi connectivity index (χ3n) is 5.71. The van der Waals surface area contributed by atoms with E-state index in [1.807, 2.05) is 48.5 Å². The molecule has 0 spiro atoms. The maximum atomic E-state index is 13.1. The van der Waals surface area contributed by atoms with Gasteiger partial charge in [0.2, 0.25) is 11.8 Å². The van der Waals surface area contributed by atoms with Gasteiger partial charge in [-0.3, -0.25) is 14.5 Å². The Morgan fingerprint density at radius 1 is 1.29 bits per heavy atom. The Kier molecular flexibility index (Phi) is 6.53. The van der Waals surface area contributed by atoms with Gasteiger partial charge in [-0.25, -0.2) is 4.98 Å². The number of carbonyl (C=O) groups is 2. The fourth-order valence-corrected chi connectivity index (χ4v) is 4.23. The molecule has 2 aromatic heterocycles. The normalized spacial score (nSPS) is 17.5. The van der Waals surface area contributed by atoms with Crippen molar-refractivity contribution < 1.29 is 9.59 Å². The molecule has 1 saturated heterocycles. The third-order valence-corrected chi connectivity index (χ3v) is 5.94. The van der Waals surface area contributed by atoms with Crippen molar-refractivity contribution in [2.45, 2.75) is 37.9 Å². The van der Waals surface area contributed by atoms with Crippen molar-refractivity contribution in [3.05, 3.63) is 64.9 Å². The van der Waals surface area contributed by atoms with Gasteiger partial charge in [-0.1, -0.05) is 23.7 Å². The number of rotatable bonds is 7. The lowest BCUT2D eigenvalue weighted by Gasteiger charge is -2.24. The standard InChI is InChI=1S/C23H26ClN5O2/c1-29-9-3-6-20(29)23(31)28-19(12-15-4-2-5-18(24)11-15)22(30)27-14-16-10-17-7-8-25-21(17)26-13-16/h2,4-5,7-8,10-11,13,19-20H,3,6,9,12,14H2,1H3,(H,25,26)(H,27,30)(H,28,31)/t19-,20+/m0/s1. The van der Waals surface area contributed by atoms with Crippen LogP contribution in [0.1, 0.15) is 24.0 Å². The predicted molar refractivity (Wildman–Crippen MR) is 121 cm³/mol. The van der Waals surface area contributed by atoms with Crippen LogP contribution in [-0.2, 0) is 22.6 Å². The Labute approximate surface area is 186 Å². The van der Waals surface area contributed by atoms with E-state index in [1.165, 1.54) is 0 Å². The van der Waals surface area contributed by atoms with Crippen LogP contribution in [0.5, 0.6) is 0 Å². The van der Waals surface area contributed by atoms with Crippen LogP contribution < -0.4 is 10.6 Å². The number of pyridine rings is 1. The highest BCUT2D eigenvalue weighted by Crippen LogP contribution is 2.17. The summed E-state index contributed by atoms with van der Waals surface area (Å²) in [5, 5.41) is 7.50. The van der Waals surface area contributed by atoms with Gasteiger partial charge in [-0.15, -0.1) is 0 Å². The van der Waals surface area contributed by atoms with Gasteiger partial charge in [-0.05, 0) is 61.8 Å². The topological polar surface area (TPSA) is 90.1 Å². The minimum Gasteiger partial charge on any atom is -0.350 e. The summed E-state index contributed by atoms with van der Waals surface area (Å²) in [5.74, 6) is -0.347. The SMILES string of the molecule is CN1CCC[C@@H]1C(=O)N[C@@H](Cc1cccc(Cl)c1)C(=O)NCc1cnc2[nH]ccc2c1. The lowest BCUT2D eigenvalue weighted by molar-refractivity contribution is -0.131. The zero-order chi connectivity index (χ0) is 21.8. The van der Waals surface area contributed by atoms with Crippen molar-refractivity contribution in [3.8, 4) is 0 Å². The van der Waals surface area contributed by atoms with E-state index in [2.05, 4.69) is 20.6 Å². The number of H-pyrrole nitrogens is 1. The molecule has 1 aliphatic rings. The lowest BCUT2D eigenvalue weighted by atomic mass is 10.0. The Bertz CT molecular complexity index is 1080. The van der Waals surface area contributed by atoms with Gasteiger partial charge >= 0.3 is 0 Å². The zero-order valence-electron chi connectivity index (χ0n) is 17.4. The molecule has 1 aromatic carbocycles. The molecule has 1 fully saturated rings. The fourth-order valence-electron chi connectivity index (χ4n) is 4.01. The first-order chi connectivity index (χ1) is 15.0. The molecule has 1 aliphatic heterocycles. The molecule has 0 unspecified atom stereocenters. The molecule has 8 heteroatoms. The summed E-state index contributed by atoms with van der Waals surface area (Å²) >= 11 is 6.11. The predicted octanol–water partition coefficient (Wildman–Crippen LogP) is 2.65. The zero-order valence-corrected chi connectivity index (χ0v) is 18.2. The first-order valence-electron chi connectivity index (χ1n) is 10.4. The summed E-state index contributed by atoms with van der Waals surface area (Å²) in [6.45, 7) is 1.22. The van der Waals surface area contributed by atoms with Gasteiger partial charge in [-0.2, -0.15) is 0 Å². The first kappa shape index (κ1) is 21.3. The minimum absolute atomic E-state index is 0.113. The smallest absolute Gasteiger partial charge is 0.243 e. The van der Waals surface area contributed by atoms with Gasteiger partial charge in [0.1, 0.15) is 11.7 Å². The van der Waals surface area contributed by atoms with Gasteiger partial charge < -0.3 is 15.6 Å². The monoisotopic (exact) mass is 439 g/mol. The Balaban J connectivity index is 1.46. The molecule has 2 atom stereocenters. The summed E-state index contributed by atoms with van der Waals surface area (Å²) in [7, 11) is 1.94. The van der Waals surface area contributed by atoms with Crippen LogP contribution in [0.25, 0.3) is 11.0 Å². The summed E-state index contributed by atoms with van der Waals surface area (Å²) in [6.07, 6.45) is 5.71. The average molecular weight is 440 g/mol. The van der Waals surface area contributed by atoms with Crippen LogP contribution in [0.3, 0.4) is 0 Å². The fraction of sp³-hybridized carbons (Fsp3) is 0.348. The van der Waals surface area contributed by atoms with E-state index in [-0.39, 0.29) is 17.9 Å². The molecule has 7 nitrogen and oxygen atoms in total. The van der Waals surface area contributed by atoms with E-state index >= 15 is 0 Å². The highest BCUT2D eigenvalue weighted by atomic mass is 35.5. The molecule has 2 amide bonds. The third kappa shape index (κ3) is 5.24. The number of benzene rings is 1. The van der Waals surface area contributed by atoms with Gasteiger partial charge in [0.15, 0.2) is 0 Å². The van der Waals surface area contributed by atoms with E-state index in [0.717, 1.165) is 41.5 Å². The average Bonchev–Trinajstić information content (AvgIpc) is 3.39. The van der Waals surface area contributed by atoms with Crippen molar-refractivity contribution in [2.24, 2.45) is 0 Å². The number of aromatic amines is 1. The van der Waals surface area contributed by atoms with Crippen molar-refractivity contribution in [1.82, 2.24) is 25.5 Å². The van der Waals surface area contributed by atoms with Crippen LogP contribution in [0, 0.1) is 0 Å². The molecule has 0 radical (unpaired) electrons. The number of hydrogen-bond acceptors (Lipinski definition) is 4. The Hall–Kier alpha value is -2.90. The molecule has 0 saturated carbocycles. The summed E-state index contributed by atoms with van der Waals surface area (Å²) < 4.78 is 0. The summed E-state index contributed by atoms with van der Waals surface area (Å²) in [4.78, 5) is 35.3. The number of aromatic nitrogens is 2. The van der Waals surface area contributed by atoms with E-state index < -0.39 is 6.04 Å². The molecular formula is C23H26ClN5O2. The minimum atomic E-state index is -0.691. The second kappa shape index (κ2) is 9.49. The van der Waals surface area contributed by atoms with Crippen LogP contribution in [-0.4, -0.2) is 52.4 Å². The summed E-state index contributed by atoms with van der Waals surface area (Å²) in [5.41, 5.74) is 2.59. The van der Waals surface area contributed by atoms with E-state index in [4.69, 9.17) is 11.6 Å². The number of nitrogens with one attached hydrogen (secondary N) is 3. The number of fused-ring (bicyclic) bond motifs is 1. The van der Waals surface area contributed by atoms with Crippen LogP contribution in [0.15, 0.2) is 48.8 Å². The Morgan fingerprint density at radius 3 is 2.94 bits per heavy atom. The molecule has 3 aromatic rings. The van der Waals surface area contributed by atoms with Gasteiger partial charge in [0, 0.05) is 35.8 Å². The summed E-state index contributed by atoms with van der Waals surface area (Å²) in [6, 6.07) is 10.4. The van der Waals surface area contributed by atoms with Crippen molar-refractivity contribution >= 4 is 34.4 Å². The molecule has 3 N–H and O–H groups in total. The largest absolute Gasteiger partial charge is 0.350 e. The quantitative estimate of drug-likeness (QED) is 0.528. The van der Waals surface area contributed by atoms with Crippen LogP contribution in [0.2, 0.25) is 5.02 Å². The molecular weight excluding hydrogens is 414 g/mol. The second-order valence-corrected chi connectivity index (χ2v) is 8.45. The van der Waals surface area contributed by atoms with E-state index in [9.17, 15) is 9.59 Å². The molecule has 31 heavy (non-hydrogen) atoms. The number of nitrogens with zero attached hydrogens (tertiary/aromatic N) is 2. The number of hydrogen-bond donors (Lipinski definition) is 3. The van der Waals surface area contributed by atoms with E-state index in [1.54, 1.807) is 12.3 Å². The number of carbonyl (C=O) groups excluding carboxylic acids is 2. The van der Waals surface area contributed by atoms with Crippen molar-refractivity contribution in [3.63, 3.8) is 0 Å². The van der Waals surface area contributed by atoms with E-state index in [0.29, 0.717) is 18.0 Å². The molecule has 3 heterocycles. The highest BCUT2D eigenvalue weighted by molar-refractivity contribution is 6.30. The number of amides is 2.